The predicted octanol–water partition coefficient (Wildman–Crippen LogP) is 2.53. The van der Waals surface area contributed by atoms with Gasteiger partial charge in [0.1, 0.15) is 6.54 Å². The lowest BCUT2D eigenvalue weighted by Crippen LogP contribution is -2.40. The van der Waals surface area contributed by atoms with Gasteiger partial charge in [0, 0.05) is 44.3 Å². The number of likely N-dealkylation sites (N-methyl/N-ethyl adjacent to an activating group) is 1. The SMILES string of the molecule is C=C(C)CNC(=NCC(=O)N(C)C)NCCc1c[nH]c2ccccc12.I. The number of hydrogen-bond donors (Lipinski definition) is 3. The second-order valence-electron chi connectivity index (χ2n) is 6.30. The van der Waals surface area contributed by atoms with Crippen LogP contribution in [0.4, 0.5) is 0 Å². The number of para-hydroxylation sites is 1. The highest BCUT2D eigenvalue weighted by atomic mass is 127. The van der Waals surface area contributed by atoms with Crippen molar-refractivity contribution >= 4 is 46.7 Å². The van der Waals surface area contributed by atoms with Crippen LogP contribution in [0.1, 0.15) is 12.5 Å². The summed E-state index contributed by atoms with van der Waals surface area (Å²) in [5.41, 5.74) is 3.40. The monoisotopic (exact) mass is 469 g/mol. The van der Waals surface area contributed by atoms with E-state index in [0.717, 1.165) is 24.1 Å². The number of H-pyrrole nitrogens is 1. The number of benzene rings is 1. The molecule has 0 fully saturated rings. The Labute approximate surface area is 172 Å². The Morgan fingerprint density at radius 2 is 2.00 bits per heavy atom. The lowest BCUT2D eigenvalue weighted by atomic mass is 10.1. The highest BCUT2D eigenvalue weighted by Crippen LogP contribution is 2.17. The largest absolute Gasteiger partial charge is 0.361 e. The van der Waals surface area contributed by atoms with Gasteiger partial charge in [-0.3, -0.25) is 4.79 Å². The molecule has 0 radical (unpaired) electrons. The minimum atomic E-state index is -0.0342. The molecule has 0 atom stereocenters. The second kappa shape index (κ2) is 10.8. The number of aromatic nitrogens is 1. The van der Waals surface area contributed by atoms with E-state index < -0.39 is 0 Å². The third kappa shape index (κ3) is 6.70. The molecule has 1 heterocycles. The Kier molecular flexibility index (Phi) is 9.18. The van der Waals surface area contributed by atoms with Crippen molar-refractivity contribution in [2.75, 3.05) is 33.7 Å². The van der Waals surface area contributed by atoms with E-state index >= 15 is 0 Å². The number of carbonyl (C=O) groups is 1. The minimum Gasteiger partial charge on any atom is -0.361 e. The van der Waals surface area contributed by atoms with Crippen LogP contribution >= 0.6 is 24.0 Å². The summed E-state index contributed by atoms with van der Waals surface area (Å²) in [5.74, 6) is 0.589. The molecule has 6 nitrogen and oxygen atoms in total. The predicted molar refractivity (Wildman–Crippen MR) is 119 cm³/mol. The average Bonchev–Trinajstić information content (AvgIpc) is 2.99. The summed E-state index contributed by atoms with van der Waals surface area (Å²) in [5, 5.41) is 7.71. The number of fused-ring (bicyclic) bond motifs is 1. The Morgan fingerprint density at radius 1 is 1.27 bits per heavy atom. The van der Waals surface area contributed by atoms with Crippen molar-refractivity contribution < 1.29 is 4.79 Å². The number of nitrogens with one attached hydrogen (secondary N) is 3. The molecule has 0 unspecified atom stereocenters. The van der Waals surface area contributed by atoms with E-state index in [1.165, 1.54) is 15.8 Å². The number of aliphatic imine (C=N–C) groups is 1. The van der Waals surface area contributed by atoms with Crippen molar-refractivity contribution in [2.24, 2.45) is 4.99 Å². The fourth-order valence-electron chi connectivity index (χ4n) is 2.35. The van der Waals surface area contributed by atoms with Gasteiger partial charge in [-0.05, 0) is 25.0 Å². The van der Waals surface area contributed by atoms with Gasteiger partial charge in [0.05, 0.1) is 0 Å². The van der Waals surface area contributed by atoms with Crippen molar-refractivity contribution in [3.05, 3.63) is 48.2 Å². The molecule has 7 heteroatoms. The van der Waals surface area contributed by atoms with Crippen LogP contribution < -0.4 is 10.6 Å². The Balaban J connectivity index is 0.00000338. The first-order valence-corrected chi connectivity index (χ1v) is 8.39. The number of halogens is 1. The molecule has 0 saturated carbocycles. The quantitative estimate of drug-likeness (QED) is 0.253. The lowest BCUT2D eigenvalue weighted by molar-refractivity contribution is -0.127. The third-order valence-electron chi connectivity index (χ3n) is 3.79. The van der Waals surface area contributed by atoms with E-state index in [1.807, 2.05) is 25.3 Å². The summed E-state index contributed by atoms with van der Waals surface area (Å²) in [6.45, 7) is 7.29. The van der Waals surface area contributed by atoms with E-state index in [4.69, 9.17) is 0 Å². The number of aromatic amines is 1. The Morgan fingerprint density at radius 3 is 2.69 bits per heavy atom. The summed E-state index contributed by atoms with van der Waals surface area (Å²) < 4.78 is 0. The minimum absolute atomic E-state index is 0. The van der Waals surface area contributed by atoms with E-state index in [2.05, 4.69) is 39.3 Å². The van der Waals surface area contributed by atoms with Gasteiger partial charge in [-0.2, -0.15) is 0 Å². The van der Waals surface area contributed by atoms with Crippen LogP contribution in [0.2, 0.25) is 0 Å². The summed E-state index contributed by atoms with van der Waals surface area (Å²) in [7, 11) is 3.45. The molecule has 0 spiro atoms. The second-order valence-corrected chi connectivity index (χ2v) is 6.30. The summed E-state index contributed by atoms with van der Waals surface area (Å²) >= 11 is 0. The maximum absolute atomic E-state index is 11.7. The fraction of sp³-hybridized carbons (Fsp3) is 0.368. The number of guanidine groups is 1. The molecule has 2 rings (SSSR count). The fourth-order valence-corrected chi connectivity index (χ4v) is 2.35. The van der Waals surface area contributed by atoms with Crippen molar-refractivity contribution in [3.8, 4) is 0 Å². The number of nitrogens with zero attached hydrogens (tertiary/aromatic N) is 2. The van der Waals surface area contributed by atoms with Crippen LogP contribution in [0.5, 0.6) is 0 Å². The van der Waals surface area contributed by atoms with Crippen LogP contribution in [0.25, 0.3) is 10.9 Å². The summed E-state index contributed by atoms with van der Waals surface area (Å²) in [6, 6.07) is 8.25. The number of carbonyl (C=O) groups excluding carboxylic acids is 1. The molecular weight excluding hydrogens is 441 g/mol. The molecule has 1 aromatic carbocycles. The summed E-state index contributed by atoms with van der Waals surface area (Å²) in [4.78, 5) is 20.9. The van der Waals surface area contributed by atoms with Gasteiger partial charge in [-0.25, -0.2) is 4.99 Å². The Hall–Kier alpha value is -2.03. The molecule has 0 aliphatic rings. The molecule has 0 saturated heterocycles. The molecule has 2 aromatic rings. The maximum Gasteiger partial charge on any atom is 0.243 e. The van der Waals surface area contributed by atoms with Crippen LogP contribution in [0.15, 0.2) is 47.6 Å². The molecule has 26 heavy (non-hydrogen) atoms. The van der Waals surface area contributed by atoms with Gasteiger partial charge in [0.25, 0.3) is 0 Å². The van der Waals surface area contributed by atoms with Gasteiger partial charge < -0.3 is 20.5 Å². The highest BCUT2D eigenvalue weighted by Gasteiger charge is 2.06. The van der Waals surface area contributed by atoms with Crippen LogP contribution in [0.3, 0.4) is 0 Å². The summed E-state index contributed by atoms with van der Waals surface area (Å²) in [6.07, 6.45) is 2.90. The normalized spacial score (nSPS) is 11.0. The molecule has 0 aliphatic carbocycles. The first-order valence-electron chi connectivity index (χ1n) is 8.39. The number of hydrogen-bond acceptors (Lipinski definition) is 2. The van der Waals surface area contributed by atoms with Gasteiger partial charge in [-0.1, -0.05) is 30.4 Å². The van der Waals surface area contributed by atoms with Crippen molar-refractivity contribution in [2.45, 2.75) is 13.3 Å². The highest BCUT2D eigenvalue weighted by molar-refractivity contribution is 14.0. The zero-order chi connectivity index (χ0) is 18.2. The lowest BCUT2D eigenvalue weighted by Gasteiger charge is -2.13. The van der Waals surface area contributed by atoms with Gasteiger partial charge in [-0.15, -0.1) is 24.0 Å². The van der Waals surface area contributed by atoms with E-state index in [-0.39, 0.29) is 36.4 Å². The number of rotatable bonds is 7. The molecule has 3 N–H and O–H groups in total. The average molecular weight is 469 g/mol. The molecule has 1 aromatic heterocycles. The van der Waals surface area contributed by atoms with Crippen LogP contribution in [-0.2, 0) is 11.2 Å². The van der Waals surface area contributed by atoms with Gasteiger partial charge in [0.2, 0.25) is 5.91 Å². The Bertz CT molecular complexity index is 766. The maximum atomic E-state index is 11.7. The molecule has 1 amide bonds. The van der Waals surface area contributed by atoms with Gasteiger partial charge in [0.15, 0.2) is 5.96 Å². The molecule has 142 valence electrons. The standard InChI is InChI=1S/C19H27N5O.HI/c1-14(2)11-22-19(23-13-18(25)24(3)4)20-10-9-15-12-21-17-8-6-5-7-16(15)17;/h5-8,12,21H,1,9-11,13H2,2-4H3,(H2,20,22,23);1H. The van der Waals surface area contributed by atoms with E-state index in [9.17, 15) is 4.79 Å². The zero-order valence-corrected chi connectivity index (χ0v) is 18.0. The van der Waals surface area contributed by atoms with E-state index in [1.54, 1.807) is 14.1 Å². The number of amides is 1. The smallest absolute Gasteiger partial charge is 0.243 e. The molecule has 0 bridgehead atoms. The van der Waals surface area contributed by atoms with Gasteiger partial charge >= 0.3 is 0 Å². The molecular formula is C19H28IN5O. The van der Waals surface area contributed by atoms with E-state index in [0.29, 0.717) is 12.5 Å². The first kappa shape index (κ1) is 22.0. The van der Waals surface area contributed by atoms with Crippen molar-refractivity contribution in [1.29, 1.82) is 0 Å². The van der Waals surface area contributed by atoms with Crippen LogP contribution in [-0.4, -0.2) is 55.5 Å². The first-order chi connectivity index (χ1) is 12.0. The topological polar surface area (TPSA) is 72.5 Å². The van der Waals surface area contributed by atoms with Crippen LogP contribution in [0, 0.1) is 0 Å². The molecule has 0 aliphatic heterocycles. The zero-order valence-electron chi connectivity index (χ0n) is 15.6. The third-order valence-corrected chi connectivity index (χ3v) is 3.79. The van der Waals surface area contributed by atoms with Crippen molar-refractivity contribution in [1.82, 2.24) is 20.5 Å². The van der Waals surface area contributed by atoms with Crippen molar-refractivity contribution in [3.63, 3.8) is 0 Å².